The number of aliphatic hydroxyl groups is 1. The summed E-state index contributed by atoms with van der Waals surface area (Å²) in [6, 6.07) is 7.83. The molecule has 0 aliphatic carbocycles. The molecule has 0 radical (unpaired) electrons. The molecule has 9 nitrogen and oxygen atoms in total. The smallest absolute Gasteiger partial charge is 0.322 e. The van der Waals surface area contributed by atoms with E-state index in [0.29, 0.717) is 35.1 Å². The number of hydrogen-bond acceptors (Lipinski definition) is 6. The van der Waals surface area contributed by atoms with E-state index in [-0.39, 0.29) is 50.3 Å². The van der Waals surface area contributed by atoms with Gasteiger partial charge in [0.1, 0.15) is 6.10 Å². The van der Waals surface area contributed by atoms with Gasteiger partial charge in [0.2, 0.25) is 5.91 Å². The highest BCUT2D eigenvalue weighted by Gasteiger charge is 2.40. The van der Waals surface area contributed by atoms with Gasteiger partial charge in [-0.2, -0.15) is 0 Å². The summed E-state index contributed by atoms with van der Waals surface area (Å²) in [5, 5.41) is 16.8. The Morgan fingerprint density at radius 2 is 1.91 bits per heavy atom. The number of nitrogens with one attached hydrogen (secondary N) is 2. The molecule has 2 aliphatic rings. The van der Waals surface area contributed by atoms with E-state index in [2.05, 4.69) is 15.6 Å². The molecule has 0 saturated carbocycles. The Labute approximate surface area is 213 Å². The first kappa shape index (κ1) is 25.7. The number of aromatic nitrogens is 1. The molecule has 35 heavy (non-hydrogen) atoms. The number of carbonyl (C=O) groups excluding carboxylic acids is 2. The van der Waals surface area contributed by atoms with Gasteiger partial charge in [0.15, 0.2) is 0 Å². The monoisotopic (exact) mass is 522 g/mol. The zero-order chi connectivity index (χ0) is 24.8. The number of β-amino-alcohol motifs (C(OH)–C–C–N with tert-alkyl or cyclic N) is 1. The fourth-order valence-corrected chi connectivity index (χ4v) is 4.62. The highest BCUT2D eigenvalue weighted by Crippen LogP contribution is 2.29. The van der Waals surface area contributed by atoms with Gasteiger partial charge in [-0.25, -0.2) is 4.79 Å². The lowest BCUT2D eigenvalue weighted by Crippen LogP contribution is -2.58. The molecule has 1 aromatic carbocycles. The van der Waals surface area contributed by atoms with Gasteiger partial charge < -0.3 is 30.1 Å². The molecule has 0 unspecified atom stereocenters. The zero-order valence-corrected chi connectivity index (χ0v) is 20.5. The largest absolute Gasteiger partial charge is 0.389 e. The second-order valence-electron chi connectivity index (χ2n) is 8.68. The van der Waals surface area contributed by atoms with Crippen molar-refractivity contribution in [2.45, 2.75) is 50.2 Å². The Morgan fingerprint density at radius 3 is 2.69 bits per heavy atom. The summed E-state index contributed by atoms with van der Waals surface area (Å²) in [5.41, 5.74) is 1.46. The molecule has 2 fully saturated rings. The summed E-state index contributed by atoms with van der Waals surface area (Å²) in [6.07, 6.45) is 3.24. The molecule has 1 aromatic heterocycles. The minimum atomic E-state index is -0.827. The minimum absolute atomic E-state index is 0.0836. The number of hydrogen-bond donors (Lipinski definition) is 3. The van der Waals surface area contributed by atoms with Gasteiger partial charge in [0, 0.05) is 24.6 Å². The third-order valence-electron chi connectivity index (χ3n) is 6.06. The number of urea groups is 1. The van der Waals surface area contributed by atoms with E-state index in [9.17, 15) is 14.7 Å². The van der Waals surface area contributed by atoms with Crippen LogP contribution in [-0.2, 0) is 20.8 Å². The summed E-state index contributed by atoms with van der Waals surface area (Å²) < 4.78 is 11.8. The second-order valence-corrected chi connectivity index (χ2v) is 9.49. The van der Waals surface area contributed by atoms with Gasteiger partial charge in [-0.05, 0) is 48.7 Å². The molecular weight excluding hydrogens is 495 g/mol. The Hall–Kier alpha value is -2.43. The molecule has 2 aromatic rings. The van der Waals surface area contributed by atoms with Gasteiger partial charge in [0.25, 0.3) is 0 Å². The molecule has 4 rings (SSSR count). The van der Waals surface area contributed by atoms with E-state index in [4.69, 9.17) is 32.7 Å². The molecule has 4 atom stereocenters. The third-order valence-corrected chi connectivity index (χ3v) is 6.80. The SMILES string of the molecule is O=C(C[C@@H]1CC[C@H]2[C@@H](COC[C@@H](O)CN2C(=O)Nc2ccc(Cl)c(Cl)c2)O1)NCc1ccncc1. The van der Waals surface area contributed by atoms with Crippen molar-refractivity contribution in [3.63, 3.8) is 0 Å². The number of ether oxygens (including phenoxy) is 2. The Bertz CT molecular complexity index is 1030. The Kier molecular flexibility index (Phi) is 8.80. The first-order valence-corrected chi connectivity index (χ1v) is 12.2. The van der Waals surface area contributed by atoms with Crippen molar-refractivity contribution in [1.29, 1.82) is 0 Å². The predicted octanol–water partition coefficient (Wildman–Crippen LogP) is 3.24. The number of anilines is 1. The van der Waals surface area contributed by atoms with E-state index < -0.39 is 12.2 Å². The normalized spacial score (nSPS) is 24.6. The highest BCUT2D eigenvalue weighted by molar-refractivity contribution is 6.42. The topological polar surface area (TPSA) is 113 Å². The molecule has 0 bridgehead atoms. The van der Waals surface area contributed by atoms with Crippen molar-refractivity contribution in [1.82, 2.24) is 15.2 Å². The maximum atomic E-state index is 13.2. The molecule has 3 amide bonds. The number of fused-ring (bicyclic) bond motifs is 1. The van der Waals surface area contributed by atoms with Crippen LogP contribution in [0.4, 0.5) is 10.5 Å². The van der Waals surface area contributed by atoms with Crippen LogP contribution in [0.1, 0.15) is 24.8 Å². The highest BCUT2D eigenvalue weighted by atomic mass is 35.5. The van der Waals surface area contributed by atoms with Crippen LogP contribution in [0.2, 0.25) is 10.0 Å². The van der Waals surface area contributed by atoms with Crippen LogP contribution >= 0.6 is 23.2 Å². The van der Waals surface area contributed by atoms with Crippen LogP contribution in [0, 0.1) is 0 Å². The van der Waals surface area contributed by atoms with Crippen LogP contribution in [0.3, 0.4) is 0 Å². The van der Waals surface area contributed by atoms with E-state index >= 15 is 0 Å². The number of carbonyl (C=O) groups is 2. The minimum Gasteiger partial charge on any atom is -0.389 e. The summed E-state index contributed by atoms with van der Waals surface area (Å²) in [7, 11) is 0. The lowest BCUT2D eigenvalue weighted by Gasteiger charge is -2.44. The maximum absolute atomic E-state index is 13.2. The summed E-state index contributed by atoms with van der Waals surface area (Å²) in [5.74, 6) is -0.110. The van der Waals surface area contributed by atoms with Gasteiger partial charge in [0.05, 0.1) is 54.5 Å². The van der Waals surface area contributed by atoms with E-state index in [0.717, 1.165) is 5.56 Å². The van der Waals surface area contributed by atoms with Crippen LogP contribution in [0.5, 0.6) is 0 Å². The average molecular weight is 523 g/mol. The Morgan fingerprint density at radius 1 is 1.11 bits per heavy atom. The summed E-state index contributed by atoms with van der Waals surface area (Å²) in [6.45, 7) is 0.812. The summed E-state index contributed by atoms with van der Waals surface area (Å²) >= 11 is 12.0. The second kappa shape index (κ2) is 12.0. The number of pyridine rings is 1. The number of benzene rings is 1. The number of halogens is 2. The van der Waals surface area contributed by atoms with Crippen molar-refractivity contribution in [2.75, 3.05) is 25.1 Å². The van der Waals surface area contributed by atoms with Gasteiger partial charge in [-0.15, -0.1) is 0 Å². The van der Waals surface area contributed by atoms with Crippen molar-refractivity contribution in [3.8, 4) is 0 Å². The van der Waals surface area contributed by atoms with E-state index in [1.165, 1.54) is 0 Å². The summed E-state index contributed by atoms with van der Waals surface area (Å²) in [4.78, 5) is 31.2. The molecule has 2 saturated heterocycles. The van der Waals surface area contributed by atoms with Crippen molar-refractivity contribution in [3.05, 3.63) is 58.3 Å². The van der Waals surface area contributed by atoms with Gasteiger partial charge in [-0.3, -0.25) is 9.78 Å². The molecule has 188 valence electrons. The average Bonchev–Trinajstić information content (AvgIpc) is 2.83. The number of aliphatic hydroxyl groups excluding tert-OH is 1. The van der Waals surface area contributed by atoms with Crippen molar-refractivity contribution in [2.24, 2.45) is 0 Å². The maximum Gasteiger partial charge on any atom is 0.322 e. The molecule has 0 spiro atoms. The lowest BCUT2D eigenvalue weighted by atomic mass is 9.95. The molecule has 3 N–H and O–H groups in total. The molecule has 11 heteroatoms. The Balaban J connectivity index is 1.37. The van der Waals surface area contributed by atoms with Crippen LogP contribution in [-0.4, -0.2) is 71.0 Å². The third kappa shape index (κ3) is 7.05. The van der Waals surface area contributed by atoms with Crippen molar-refractivity contribution >= 4 is 40.8 Å². The van der Waals surface area contributed by atoms with Gasteiger partial charge in [-0.1, -0.05) is 23.2 Å². The van der Waals surface area contributed by atoms with Gasteiger partial charge >= 0.3 is 6.03 Å². The zero-order valence-electron chi connectivity index (χ0n) is 19.0. The standard InChI is InChI=1S/C24H28Cl2N4O5/c25-19-3-1-16(9-20(19)26)29-24(33)30-12-17(31)13-34-14-22-21(30)4-2-18(35-22)10-23(32)28-11-15-5-7-27-8-6-15/h1,3,5-9,17-18,21-22,31H,2,4,10-14H2,(H,28,32)(H,29,33)/t17-,18-,21-,22+/m0/s1. The lowest BCUT2D eigenvalue weighted by molar-refractivity contribution is -0.149. The quantitative estimate of drug-likeness (QED) is 0.555. The van der Waals surface area contributed by atoms with Crippen LogP contribution in [0.15, 0.2) is 42.7 Å². The first-order chi connectivity index (χ1) is 16.9. The fraction of sp³-hybridized carbons (Fsp3) is 0.458. The predicted molar refractivity (Wildman–Crippen MR) is 131 cm³/mol. The fourth-order valence-electron chi connectivity index (χ4n) is 4.32. The first-order valence-electron chi connectivity index (χ1n) is 11.5. The van der Waals surface area contributed by atoms with Crippen LogP contribution < -0.4 is 10.6 Å². The molecule has 3 heterocycles. The number of rotatable bonds is 5. The van der Waals surface area contributed by atoms with E-state index in [1.807, 2.05) is 12.1 Å². The van der Waals surface area contributed by atoms with E-state index in [1.54, 1.807) is 35.5 Å². The number of amides is 3. The molecular formula is C24H28Cl2N4O5. The van der Waals surface area contributed by atoms with Crippen LogP contribution in [0.25, 0.3) is 0 Å². The molecule has 2 aliphatic heterocycles. The number of nitrogens with zero attached hydrogens (tertiary/aromatic N) is 2. The van der Waals surface area contributed by atoms with Crippen molar-refractivity contribution < 1.29 is 24.2 Å².